The van der Waals surface area contributed by atoms with Crippen LogP contribution in [0, 0.1) is 11.3 Å². The van der Waals surface area contributed by atoms with E-state index < -0.39 is 37.1 Å². The molecule has 7 nitrogen and oxygen atoms in total. The highest BCUT2D eigenvalue weighted by Gasteiger charge is 2.47. The van der Waals surface area contributed by atoms with Crippen LogP contribution in [-0.2, 0) is 11.8 Å². The van der Waals surface area contributed by atoms with E-state index in [1.54, 1.807) is 24.4 Å². The number of aryl methyl sites for hydroxylation is 1. The number of pyridine rings is 1. The molecule has 1 fully saturated rings. The van der Waals surface area contributed by atoms with Crippen molar-refractivity contribution in [1.29, 1.82) is 5.26 Å². The predicted octanol–water partition coefficient (Wildman–Crippen LogP) is 1.93. The first-order valence-electron chi connectivity index (χ1n) is 9.01. The highest BCUT2D eigenvalue weighted by atomic mass is 19.3. The first kappa shape index (κ1) is 20.6. The second-order valence-corrected chi connectivity index (χ2v) is 6.96. The quantitative estimate of drug-likeness (QED) is 0.722. The van der Waals surface area contributed by atoms with Gasteiger partial charge in [0.05, 0.1) is 19.2 Å². The third-order valence-electron chi connectivity index (χ3n) is 4.68. The zero-order valence-electron chi connectivity index (χ0n) is 15.8. The molecule has 9 heteroatoms. The highest BCUT2D eigenvalue weighted by Crippen LogP contribution is 2.31. The van der Waals surface area contributed by atoms with E-state index in [4.69, 9.17) is 5.26 Å². The minimum Gasteiger partial charge on any atom is -0.374 e. The monoisotopic (exact) mass is 401 g/mol. The molecule has 3 heterocycles. The van der Waals surface area contributed by atoms with E-state index >= 15 is 0 Å². The molecule has 1 saturated heterocycles. The van der Waals surface area contributed by atoms with Crippen LogP contribution in [0.2, 0.25) is 0 Å². The smallest absolute Gasteiger partial charge is 0.268 e. The van der Waals surface area contributed by atoms with Crippen molar-refractivity contribution in [1.82, 2.24) is 19.8 Å². The van der Waals surface area contributed by atoms with E-state index in [-0.39, 0.29) is 6.54 Å². The normalized spacial score (nSPS) is 19.4. The lowest BCUT2D eigenvalue weighted by Gasteiger charge is -2.21. The number of nitrogens with one attached hydrogen (secondary N) is 1. The van der Waals surface area contributed by atoms with Crippen molar-refractivity contribution in [2.45, 2.75) is 24.6 Å². The number of nitriles is 1. The molecule has 0 aromatic carbocycles. The van der Waals surface area contributed by atoms with Crippen molar-refractivity contribution in [2.24, 2.45) is 7.05 Å². The Kier molecular flexibility index (Phi) is 6.06. The summed E-state index contributed by atoms with van der Waals surface area (Å²) in [6, 6.07) is 4.10. The lowest BCUT2D eigenvalue weighted by atomic mass is 10.1. The topological polar surface area (TPSA) is 94.2 Å². The number of amides is 1. The molecule has 3 rings (SSSR count). The number of alkyl halides is 2. The molecule has 0 bridgehead atoms. The molecule has 0 radical (unpaired) electrons. The van der Waals surface area contributed by atoms with Crippen LogP contribution in [-0.4, -0.2) is 50.5 Å². The third kappa shape index (κ3) is 5.04. The number of hydrogen-bond donors (Lipinski definition) is 2. The molecule has 2 N–H and O–H groups in total. The number of hydrogen-bond acceptors (Lipinski definition) is 5. The van der Waals surface area contributed by atoms with Gasteiger partial charge in [-0.25, -0.2) is 8.78 Å². The molecule has 1 aliphatic heterocycles. The van der Waals surface area contributed by atoms with E-state index in [1.807, 2.05) is 36.2 Å². The summed E-state index contributed by atoms with van der Waals surface area (Å²) < 4.78 is 28.9. The van der Waals surface area contributed by atoms with Gasteiger partial charge in [-0.15, -0.1) is 0 Å². The third-order valence-corrected chi connectivity index (χ3v) is 4.68. The Bertz CT molecular complexity index is 950. The second-order valence-electron chi connectivity index (χ2n) is 6.96. The van der Waals surface area contributed by atoms with Crippen LogP contribution in [0.25, 0.3) is 12.2 Å². The average Bonchev–Trinajstić information content (AvgIpc) is 3.26. The summed E-state index contributed by atoms with van der Waals surface area (Å²) in [5.41, 5.74) is 2.10. The molecule has 2 atom stereocenters. The number of likely N-dealkylation sites (tertiary alicyclic amines) is 1. The molecule has 1 aliphatic rings. The number of aliphatic hydroxyl groups excluding tert-OH is 1. The summed E-state index contributed by atoms with van der Waals surface area (Å²) in [6.45, 7) is -1.16. The summed E-state index contributed by atoms with van der Waals surface area (Å²) in [5, 5.41) is 22.1. The van der Waals surface area contributed by atoms with Gasteiger partial charge in [-0.3, -0.25) is 15.1 Å². The number of carbonyl (C=O) groups excluding carboxylic acids is 1. The molecule has 2 aromatic heterocycles. The van der Waals surface area contributed by atoms with E-state index in [2.05, 4.69) is 10.3 Å². The number of aromatic nitrogens is 2. The maximum Gasteiger partial charge on any atom is 0.268 e. The van der Waals surface area contributed by atoms with Crippen molar-refractivity contribution in [2.75, 3.05) is 13.1 Å². The average molecular weight is 401 g/mol. The Labute approximate surface area is 166 Å². The minimum absolute atomic E-state index is 0.375. The molecule has 0 spiro atoms. The van der Waals surface area contributed by atoms with Crippen LogP contribution in [0.3, 0.4) is 0 Å². The van der Waals surface area contributed by atoms with Gasteiger partial charge in [0.1, 0.15) is 12.3 Å². The van der Waals surface area contributed by atoms with Gasteiger partial charge in [0.25, 0.3) is 5.92 Å². The van der Waals surface area contributed by atoms with Crippen LogP contribution < -0.4 is 5.32 Å². The van der Waals surface area contributed by atoms with E-state index in [0.29, 0.717) is 11.1 Å². The second kappa shape index (κ2) is 8.51. The molecule has 2 aromatic rings. The van der Waals surface area contributed by atoms with Crippen LogP contribution >= 0.6 is 0 Å². The number of carbonyl (C=O) groups is 1. The largest absolute Gasteiger partial charge is 0.374 e. The number of rotatable bonds is 6. The van der Waals surface area contributed by atoms with Crippen molar-refractivity contribution in [3.63, 3.8) is 0 Å². The molecular formula is C20H21F2N5O2. The lowest BCUT2D eigenvalue weighted by molar-refractivity contribution is -0.132. The van der Waals surface area contributed by atoms with Gasteiger partial charge < -0.3 is 14.6 Å². The number of halogens is 2. The summed E-state index contributed by atoms with van der Waals surface area (Å²) in [5.74, 6) is -3.74. The Balaban J connectivity index is 1.65. The fourth-order valence-corrected chi connectivity index (χ4v) is 3.20. The molecule has 29 heavy (non-hydrogen) atoms. The van der Waals surface area contributed by atoms with E-state index in [9.17, 15) is 18.7 Å². The minimum atomic E-state index is -3.07. The van der Waals surface area contributed by atoms with E-state index in [1.165, 1.54) is 6.20 Å². The molecule has 0 saturated carbocycles. The fourth-order valence-electron chi connectivity index (χ4n) is 3.20. The van der Waals surface area contributed by atoms with Crippen molar-refractivity contribution < 1.29 is 18.7 Å². The van der Waals surface area contributed by atoms with Gasteiger partial charge in [-0.1, -0.05) is 12.2 Å². The maximum absolute atomic E-state index is 13.5. The van der Waals surface area contributed by atoms with Crippen LogP contribution in [0.5, 0.6) is 0 Å². The molecule has 152 valence electrons. The summed E-state index contributed by atoms with van der Waals surface area (Å²) in [4.78, 5) is 17.2. The molecule has 1 amide bonds. The number of aliphatic hydroxyl groups is 1. The lowest BCUT2D eigenvalue weighted by Crippen LogP contribution is -2.42. The summed E-state index contributed by atoms with van der Waals surface area (Å²) >= 11 is 0. The Morgan fingerprint density at radius 2 is 2.31 bits per heavy atom. The van der Waals surface area contributed by atoms with Crippen molar-refractivity contribution >= 4 is 18.1 Å². The number of nitrogens with zero attached hydrogens (tertiary/aromatic N) is 4. The Hall–Kier alpha value is -3.09. The summed E-state index contributed by atoms with van der Waals surface area (Å²) in [6.07, 6.45) is 8.69. The van der Waals surface area contributed by atoms with Crippen LogP contribution in [0.15, 0.2) is 36.9 Å². The van der Waals surface area contributed by atoms with E-state index in [0.717, 1.165) is 10.5 Å². The Morgan fingerprint density at radius 3 is 3.00 bits per heavy atom. The van der Waals surface area contributed by atoms with Crippen molar-refractivity contribution in [3.8, 4) is 6.07 Å². The van der Waals surface area contributed by atoms with Gasteiger partial charge in [0, 0.05) is 43.8 Å². The van der Waals surface area contributed by atoms with Crippen LogP contribution in [0.1, 0.15) is 29.3 Å². The maximum atomic E-state index is 13.5. The molecule has 0 aliphatic carbocycles. The first-order chi connectivity index (χ1) is 13.8. The first-order valence-corrected chi connectivity index (χ1v) is 9.01. The zero-order chi connectivity index (χ0) is 21.0. The van der Waals surface area contributed by atoms with Gasteiger partial charge in [-0.05, 0) is 23.3 Å². The van der Waals surface area contributed by atoms with Crippen molar-refractivity contribution in [3.05, 3.63) is 53.6 Å². The standard InChI is InChI=1S/C20H21F2N5O2/c1-26-7-5-14(12-26)2-3-15-10-24-6-4-17(15)19(29)25-11-18(28)27-13-20(21,22)8-16(27)9-23/h2-7,10,12,16,19,25,29H,8,11,13H2,1H3/b3-2+/t16-,19?/m0/s1. The predicted molar refractivity (Wildman–Crippen MR) is 102 cm³/mol. The Morgan fingerprint density at radius 1 is 1.52 bits per heavy atom. The van der Waals surface area contributed by atoms with Gasteiger partial charge in [-0.2, -0.15) is 5.26 Å². The molecule has 1 unspecified atom stereocenters. The fraction of sp³-hybridized carbons (Fsp3) is 0.350. The summed E-state index contributed by atoms with van der Waals surface area (Å²) in [7, 11) is 1.91. The van der Waals surface area contributed by atoms with Gasteiger partial charge in [0.2, 0.25) is 5.91 Å². The molecular weight excluding hydrogens is 380 g/mol. The van der Waals surface area contributed by atoms with Gasteiger partial charge in [0.15, 0.2) is 0 Å². The zero-order valence-corrected chi connectivity index (χ0v) is 15.8. The van der Waals surface area contributed by atoms with Gasteiger partial charge >= 0.3 is 0 Å². The van der Waals surface area contributed by atoms with Crippen LogP contribution in [0.4, 0.5) is 8.78 Å². The highest BCUT2D eigenvalue weighted by molar-refractivity contribution is 5.79. The SMILES string of the molecule is Cn1ccc(/C=C/c2cnccc2C(O)NCC(=O)N2CC(F)(F)C[C@H]2C#N)c1.